The van der Waals surface area contributed by atoms with Crippen LogP contribution in [0.1, 0.15) is 100 Å². The Morgan fingerprint density at radius 1 is 0.280 bits per heavy atom. The second-order valence-electron chi connectivity index (χ2n) is 24.1. The highest BCUT2D eigenvalue weighted by Crippen LogP contribution is 2.75. The molecule has 0 amide bonds. The standard InChI is InChI=1S/C76H40N2O4/c79-71-47-35-57-49(33-45(47)65-41-21-7-11-27-51(41)75(65)53-29-13-9-23-43(53)67(71)75)61-63-70-64(62-50-34-46-48(36-58(50)78(57)69(61)62)72(80)68-44-24-10-14-30-54(44)76(68)52-28-12-8-22-42(52)66(46)76)74(82)60-40(38-19-5-2-6-20-38)26-16-32-56(60)77(70)55-31-15-25-39(59(55)73(63)81)37-17-3-1-4-18-37/h1-36,65-68H. The number of Topliss-reactive ketones (excluding diaryl/α,β-unsaturated/α-hetero) is 2. The van der Waals surface area contributed by atoms with E-state index >= 15 is 19.2 Å². The summed E-state index contributed by atoms with van der Waals surface area (Å²) in [6.07, 6.45) is 0. The molecule has 6 aliphatic carbocycles. The van der Waals surface area contributed by atoms with E-state index < -0.39 is 10.8 Å². The first kappa shape index (κ1) is 42.6. The van der Waals surface area contributed by atoms with Crippen molar-refractivity contribution in [1.82, 2.24) is 8.80 Å². The Bertz CT molecular complexity index is 5430. The number of benzene rings is 11. The zero-order valence-corrected chi connectivity index (χ0v) is 43.6. The van der Waals surface area contributed by atoms with E-state index in [-0.39, 0.29) is 46.1 Å². The number of hydrogen-bond donors (Lipinski definition) is 0. The van der Waals surface area contributed by atoms with E-state index in [9.17, 15) is 0 Å². The maximum Gasteiger partial charge on any atom is 0.198 e. The number of rotatable bonds is 2. The molecule has 82 heavy (non-hydrogen) atoms. The molecule has 11 aromatic carbocycles. The van der Waals surface area contributed by atoms with Crippen LogP contribution in [0.4, 0.5) is 0 Å². The molecule has 0 bridgehead atoms. The topological polar surface area (TPSA) is 77.1 Å². The molecule has 15 aromatic rings. The minimum atomic E-state index is -0.511. The lowest BCUT2D eigenvalue weighted by Gasteiger charge is -2.64. The van der Waals surface area contributed by atoms with Gasteiger partial charge in [0.2, 0.25) is 0 Å². The lowest BCUT2D eigenvalue weighted by Crippen LogP contribution is -2.61. The van der Waals surface area contributed by atoms with Gasteiger partial charge in [-0.25, -0.2) is 0 Å². The van der Waals surface area contributed by atoms with Gasteiger partial charge in [-0.2, -0.15) is 0 Å². The second-order valence-corrected chi connectivity index (χ2v) is 24.1. The number of nitrogens with zero attached hydrogens (tertiary/aromatic N) is 2. The monoisotopic (exact) mass is 1040 g/mol. The molecule has 0 saturated carbocycles. The Balaban J connectivity index is 1.00. The molecule has 0 saturated heterocycles. The van der Waals surface area contributed by atoms with Gasteiger partial charge in [0.25, 0.3) is 0 Å². The molecule has 6 heteroatoms. The zero-order chi connectivity index (χ0) is 53.5. The summed E-state index contributed by atoms with van der Waals surface area (Å²) in [4.78, 5) is 65.3. The Labute approximate surface area is 466 Å². The lowest BCUT2D eigenvalue weighted by atomic mass is 9.36. The van der Waals surface area contributed by atoms with Gasteiger partial charge in [-0.3, -0.25) is 19.2 Å². The highest BCUT2D eigenvalue weighted by molar-refractivity contribution is 6.39. The fourth-order valence-corrected chi connectivity index (χ4v) is 18.5. The van der Waals surface area contributed by atoms with E-state index in [0.717, 1.165) is 82.6 Å². The number of hydrogen-bond acceptors (Lipinski definition) is 4. The van der Waals surface area contributed by atoms with Gasteiger partial charge in [0.1, 0.15) is 0 Å². The van der Waals surface area contributed by atoms with Crippen molar-refractivity contribution < 1.29 is 9.59 Å². The van der Waals surface area contributed by atoms with Crippen molar-refractivity contribution >= 4 is 87.8 Å². The molecule has 4 heterocycles. The summed E-state index contributed by atoms with van der Waals surface area (Å²) in [5.41, 5.74) is 19.0. The van der Waals surface area contributed by atoms with Crippen molar-refractivity contribution in [3.63, 3.8) is 0 Å². The van der Waals surface area contributed by atoms with Crippen molar-refractivity contribution in [3.05, 3.63) is 306 Å². The van der Waals surface area contributed by atoms with Gasteiger partial charge in [-0.1, -0.05) is 182 Å². The van der Waals surface area contributed by atoms with Gasteiger partial charge >= 0.3 is 0 Å². The molecule has 6 atom stereocenters. The predicted molar refractivity (Wildman–Crippen MR) is 324 cm³/mol. The maximum atomic E-state index is 16.8. The van der Waals surface area contributed by atoms with Crippen LogP contribution in [0.25, 0.3) is 98.4 Å². The number of carbonyl (C=O) groups excluding carboxylic acids is 2. The first-order valence-corrected chi connectivity index (χ1v) is 28.6. The van der Waals surface area contributed by atoms with Gasteiger partial charge in [0, 0.05) is 55.3 Å². The van der Waals surface area contributed by atoms with Gasteiger partial charge in [-0.05, 0) is 114 Å². The van der Waals surface area contributed by atoms with Crippen molar-refractivity contribution in [2.75, 3.05) is 0 Å². The fraction of sp³-hybridized carbons (Fsp3) is 0.0789. The summed E-state index contributed by atoms with van der Waals surface area (Å²) in [5, 5.41) is 5.21. The minimum Gasteiger partial charge on any atom is -0.308 e. The molecule has 6 nitrogen and oxygen atoms in total. The van der Waals surface area contributed by atoms with Crippen LogP contribution in [0.2, 0.25) is 0 Å². The van der Waals surface area contributed by atoms with Crippen LogP contribution in [0, 0.1) is 0 Å². The third kappa shape index (κ3) is 4.27. The number of fused-ring (bicyclic) bond motifs is 24. The lowest BCUT2D eigenvalue weighted by molar-refractivity contribution is 0.0839. The highest BCUT2D eigenvalue weighted by atomic mass is 16.1. The van der Waals surface area contributed by atoms with Crippen LogP contribution in [0.3, 0.4) is 0 Å². The fourth-order valence-electron chi connectivity index (χ4n) is 18.5. The molecule has 0 radical (unpaired) electrons. The average Bonchev–Trinajstić information content (AvgIpc) is 0.675. The zero-order valence-electron chi connectivity index (χ0n) is 43.6. The van der Waals surface area contributed by atoms with E-state index in [1.54, 1.807) is 0 Å². The molecule has 6 unspecified atom stereocenters. The van der Waals surface area contributed by atoms with E-state index in [1.165, 1.54) is 33.4 Å². The van der Waals surface area contributed by atoms with Crippen LogP contribution in [-0.2, 0) is 10.8 Å². The van der Waals surface area contributed by atoms with Gasteiger partial charge in [0.15, 0.2) is 22.4 Å². The SMILES string of the molecule is O=C1c2cc3c(cc2C2c4ccccc4C24c2ccccc2C14)c1c2c(=O)c4c(-c5ccccc5)cccc4n4c5cccc(-c6ccccc6)c5c(=O)c(c5c6cc7c(cc6n3c15)C(=O)C1c3ccccc3C13c1ccccc1C73)c24. The Hall–Kier alpha value is -10.3. The molecule has 378 valence electrons. The largest absolute Gasteiger partial charge is 0.308 e. The third-order valence-electron chi connectivity index (χ3n) is 21.3. The summed E-state index contributed by atoms with van der Waals surface area (Å²) in [6.45, 7) is 0. The molecular formula is C76H40N2O4. The van der Waals surface area contributed by atoms with Gasteiger partial charge in [-0.15, -0.1) is 0 Å². The van der Waals surface area contributed by atoms with Crippen molar-refractivity contribution in [2.24, 2.45) is 0 Å². The van der Waals surface area contributed by atoms with Crippen molar-refractivity contribution in [2.45, 2.75) is 34.5 Å². The van der Waals surface area contributed by atoms with E-state index in [0.29, 0.717) is 49.2 Å². The van der Waals surface area contributed by atoms with Gasteiger partial charge in [0.05, 0.1) is 66.5 Å². The number of aromatic nitrogens is 2. The number of pyridine rings is 2. The molecule has 21 rings (SSSR count). The number of ketones is 2. The Morgan fingerprint density at radius 3 is 1.05 bits per heavy atom. The minimum absolute atomic E-state index is 0.0884. The van der Waals surface area contributed by atoms with E-state index in [2.05, 4.69) is 142 Å². The molecule has 0 aliphatic heterocycles. The van der Waals surface area contributed by atoms with Crippen molar-refractivity contribution in [1.29, 1.82) is 0 Å². The predicted octanol–water partition coefficient (Wildman–Crippen LogP) is 15.5. The molecule has 6 aliphatic rings. The third-order valence-corrected chi connectivity index (χ3v) is 21.3. The Morgan fingerprint density at radius 2 is 0.634 bits per heavy atom. The molecular weight excluding hydrogens is 1000 g/mol. The average molecular weight is 1050 g/mol. The number of carbonyl (C=O) groups is 2. The Kier molecular flexibility index (Phi) is 7.18. The molecule has 0 N–H and O–H groups in total. The van der Waals surface area contributed by atoms with Crippen LogP contribution >= 0.6 is 0 Å². The summed E-state index contributed by atoms with van der Waals surface area (Å²) < 4.78 is 4.45. The molecule has 2 spiro atoms. The van der Waals surface area contributed by atoms with Crippen LogP contribution in [-0.4, -0.2) is 20.4 Å². The first-order chi connectivity index (χ1) is 40.4. The smallest absolute Gasteiger partial charge is 0.198 e. The van der Waals surface area contributed by atoms with Crippen LogP contribution < -0.4 is 10.9 Å². The summed E-state index contributed by atoms with van der Waals surface area (Å²) >= 11 is 0. The molecule has 4 aromatic heterocycles. The van der Waals surface area contributed by atoms with Crippen molar-refractivity contribution in [3.8, 4) is 22.3 Å². The molecule has 0 fully saturated rings. The van der Waals surface area contributed by atoms with Gasteiger partial charge < -0.3 is 8.80 Å². The second kappa shape index (κ2) is 13.8. The van der Waals surface area contributed by atoms with Crippen LogP contribution in [0.15, 0.2) is 228 Å². The summed E-state index contributed by atoms with van der Waals surface area (Å²) in [6, 6.07) is 75.3. The van der Waals surface area contributed by atoms with E-state index in [1.807, 2.05) is 84.9 Å². The summed E-state index contributed by atoms with van der Waals surface area (Å²) in [5.74, 6) is -0.745. The van der Waals surface area contributed by atoms with Crippen LogP contribution in [0.5, 0.6) is 0 Å². The van der Waals surface area contributed by atoms with E-state index in [4.69, 9.17) is 0 Å². The maximum absolute atomic E-state index is 16.8. The highest BCUT2D eigenvalue weighted by Gasteiger charge is 2.71. The summed E-state index contributed by atoms with van der Waals surface area (Å²) in [7, 11) is 0. The first-order valence-electron chi connectivity index (χ1n) is 28.6. The normalized spacial score (nSPS) is 21.9. The quantitative estimate of drug-likeness (QED) is 0.128.